The van der Waals surface area contributed by atoms with Crippen LogP contribution in [-0.2, 0) is 51.3 Å². The van der Waals surface area contributed by atoms with Gasteiger partial charge in [-0.2, -0.15) is 15.0 Å². The number of hydrogen-bond acceptors (Lipinski definition) is 15. The van der Waals surface area contributed by atoms with Gasteiger partial charge in [0.1, 0.15) is 28.6 Å². The molecule has 0 bridgehead atoms. The minimum atomic E-state index is -1.50. The molecule has 20 nitrogen and oxygen atoms in total. The van der Waals surface area contributed by atoms with Crippen LogP contribution in [0.25, 0.3) is 0 Å². The number of nitrogens with zero attached hydrogens (tertiary/aromatic N) is 5. The van der Waals surface area contributed by atoms with Crippen LogP contribution in [0, 0.1) is 0 Å². The number of β-lactam (4-membered cyclic amide) rings is 1. The van der Waals surface area contributed by atoms with Gasteiger partial charge in [-0.05, 0) is 59.1 Å². The van der Waals surface area contributed by atoms with Crippen molar-refractivity contribution in [1.82, 2.24) is 41.2 Å². The number of rotatable bonds is 18. The predicted molar refractivity (Wildman–Crippen MR) is 232 cm³/mol. The number of esters is 1. The number of thiazole rings is 1. The van der Waals surface area contributed by atoms with E-state index in [4.69, 9.17) is 19.0 Å². The maximum absolute atomic E-state index is 14.0. The number of carbonyl (C=O) groups is 6. The molecular weight excluding hydrogens is 849 g/mol. The number of alkyl carbamates (subject to hydrolysis) is 1. The Morgan fingerprint density at radius 2 is 1.56 bits per heavy atom. The lowest BCUT2D eigenvalue weighted by molar-refractivity contribution is -0.164. The van der Waals surface area contributed by atoms with E-state index in [-0.39, 0.29) is 61.3 Å². The van der Waals surface area contributed by atoms with Crippen LogP contribution in [-0.4, -0.2) is 97.0 Å². The number of amides is 5. The molecule has 0 spiro atoms. The van der Waals surface area contributed by atoms with E-state index in [0.29, 0.717) is 12.1 Å². The molecule has 1 aliphatic heterocycles. The van der Waals surface area contributed by atoms with E-state index in [0.717, 1.165) is 22.5 Å². The molecule has 4 aromatic rings. The summed E-state index contributed by atoms with van der Waals surface area (Å²) in [5, 5.41) is 27.6. The van der Waals surface area contributed by atoms with Gasteiger partial charge in [-0.25, -0.2) is 19.4 Å². The summed E-state index contributed by atoms with van der Waals surface area (Å²) in [5.74, 6) is -2.28. The van der Waals surface area contributed by atoms with Gasteiger partial charge in [0.25, 0.3) is 5.91 Å². The third-order valence-corrected chi connectivity index (χ3v) is 10.1. The molecule has 2 aliphatic rings. The van der Waals surface area contributed by atoms with Crippen LogP contribution >= 0.6 is 11.3 Å². The van der Waals surface area contributed by atoms with E-state index in [1.807, 2.05) is 60.7 Å². The van der Waals surface area contributed by atoms with Crippen molar-refractivity contribution < 1.29 is 47.8 Å². The third kappa shape index (κ3) is 13.3. The largest absolute Gasteiger partial charge is 0.450 e. The maximum atomic E-state index is 14.0. The molecule has 340 valence electrons. The quantitative estimate of drug-likeness (QED) is 0.0234. The minimum Gasteiger partial charge on any atom is -0.450 e. The summed E-state index contributed by atoms with van der Waals surface area (Å²) in [7, 11) is 0. The molecule has 5 amide bonds. The highest BCUT2D eigenvalue weighted by atomic mass is 32.1. The summed E-state index contributed by atoms with van der Waals surface area (Å²) in [5.41, 5.74) is -1.36. The van der Waals surface area contributed by atoms with Gasteiger partial charge in [0, 0.05) is 31.2 Å². The first-order chi connectivity index (χ1) is 30.4. The Morgan fingerprint density at radius 1 is 0.922 bits per heavy atom. The molecule has 3 heterocycles. The highest BCUT2D eigenvalue weighted by Gasteiger charge is 2.56. The molecule has 1 aliphatic carbocycles. The number of aromatic nitrogens is 4. The summed E-state index contributed by atoms with van der Waals surface area (Å²) in [6.07, 6.45) is 0.459. The Kier molecular flexibility index (Phi) is 14.6. The fraction of sp³-hybridized carbons (Fsp3) is 0.442. The predicted octanol–water partition coefficient (Wildman–Crippen LogP) is 4.27. The van der Waals surface area contributed by atoms with Crippen molar-refractivity contribution >= 4 is 58.1 Å². The highest BCUT2D eigenvalue weighted by Crippen LogP contribution is 2.43. The Labute approximate surface area is 373 Å². The zero-order valence-corrected chi connectivity index (χ0v) is 37.2. The van der Waals surface area contributed by atoms with Crippen molar-refractivity contribution in [1.29, 1.82) is 0 Å². The number of anilines is 1. The van der Waals surface area contributed by atoms with Gasteiger partial charge in [-0.3, -0.25) is 19.7 Å². The summed E-state index contributed by atoms with van der Waals surface area (Å²) in [6.45, 7) is 10.8. The number of nitrogens with one attached hydrogen (secondary N) is 5. The smallest absolute Gasteiger partial charge is 0.413 e. The van der Waals surface area contributed by atoms with Gasteiger partial charge in [0.05, 0.1) is 25.3 Å². The molecule has 64 heavy (non-hydrogen) atoms. The highest BCUT2D eigenvalue weighted by molar-refractivity contribution is 7.14. The van der Waals surface area contributed by atoms with E-state index in [2.05, 4.69) is 46.9 Å². The first-order valence-electron chi connectivity index (χ1n) is 20.6. The molecule has 2 aromatic carbocycles. The SMILES string of the molecule is CC(C)(C)OC(=O)NCCCC(=O)NCc1cnn(C[C@H]2NC(=O)[C@H]2NC(=O)/C(=N/OC2(C(=O)OC(c3ccccc3)c3ccccc3)CC2)c2csc(NC(=O)OC(C)(C)C)n2)n1. The molecule has 6 rings (SSSR count). The lowest BCUT2D eigenvalue weighted by Crippen LogP contribution is -2.70. The lowest BCUT2D eigenvalue weighted by atomic mass is 9.98. The molecule has 0 unspecified atom stereocenters. The summed E-state index contributed by atoms with van der Waals surface area (Å²) >= 11 is 0.989. The number of ether oxygens (including phenoxy) is 3. The van der Waals surface area contributed by atoms with Crippen molar-refractivity contribution in [2.45, 2.75) is 115 Å². The second kappa shape index (κ2) is 20.1. The Hall–Kier alpha value is -6.90. The van der Waals surface area contributed by atoms with Crippen LogP contribution in [0.3, 0.4) is 0 Å². The normalized spacial score (nSPS) is 16.7. The van der Waals surface area contributed by atoms with Crippen molar-refractivity contribution in [3.63, 3.8) is 0 Å². The second-order valence-electron chi connectivity index (χ2n) is 17.1. The number of hydrogen-bond donors (Lipinski definition) is 5. The zero-order valence-electron chi connectivity index (χ0n) is 36.3. The molecular formula is C43H52N10O10S. The van der Waals surface area contributed by atoms with Gasteiger partial charge in [-0.1, -0.05) is 65.8 Å². The fourth-order valence-corrected chi connectivity index (χ4v) is 6.77. The van der Waals surface area contributed by atoms with Crippen molar-refractivity contribution in [3.8, 4) is 0 Å². The van der Waals surface area contributed by atoms with Crippen LogP contribution in [0.1, 0.15) is 95.8 Å². The summed E-state index contributed by atoms with van der Waals surface area (Å²) in [6, 6.07) is 16.8. The molecule has 21 heteroatoms. The Bertz CT molecular complexity index is 2300. The van der Waals surface area contributed by atoms with Crippen molar-refractivity contribution in [2.75, 3.05) is 11.9 Å². The zero-order chi connectivity index (χ0) is 46.1. The van der Waals surface area contributed by atoms with Crippen LogP contribution in [0.5, 0.6) is 0 Å². The monoisotopic (exact) mass is 900 g/mol. The van der Waals surface area contributed by atoms with Gasteiger partial charge in [0.2, 0.25) is 17.4 Å². The number of oxime groups is 1. The van der Waals surface area contributed by atoms with Gasteiger partial charge >= 0.3 is 18.2 Å². The van der Waals surface area contributed by atoms with Crippen LogP contribution in [0.4, 0.5) is 14.7 Å². The minimum absolute atomic E-state index is 0.0137. The summed E-state index contributed by atoms with van der Waals surface area (Å²) < 4.78 is 16.6. The first kappa shape index (κ1) is 46.6. The molecule has 1 saturated heterocycles. The molecule has 2 aromatic heterocycles. The van der Waals surface area contributed by atoms with E-state index in [9.17, 15) is 28.8 Å². The van der Waals surface area contributed by atoms with Crippen LogP contribution in [0.15, 0.2) is 77.4 Å². The lowest BCUT2D eigenvalue weighted by Gasteiger charge is -2.36. The summed E-state index contributed by atoms with van der Waals surface area (Å²) in [4.78, 5) is 89.0. The third-order valence-electron chi connectivity index (χ3n) is 9.35. The average molecular weight is 901 g/mol. The molecule has 1 saturated carbocycles. The van der Waals surface area contributed by atoms with E-state index in [1.54, 1.807) is 41.5 Å². The van der Waals surface area contributed by atoms with Gasteiger partial charge < -0.3 is 40.3 Å². The van der Waals surface area contributed by atoms with Crippen molar-refractivity contribution in [3.05, 3.63) is 94.8 Å². The number of benzene rings is 2. The maximum Gasteiger partial charge on any atom is 0.413 e. The fourth-order valence-electron chi connectivity index (χ4n) is 6.09. The molecule has 2 fully saturated rings. The molecule has 0 radical (unpaired) electrons. The Morgan fingerprint density at radius 3 is 2.17 bits per heavy atom. The number of carbonyl (C=O) groups excluding carboxylic acids is 6. The molecule has 5 N–H and O–H groups in total. The standard InChI is InChI=1S/C43H52N10O10S/c1-41(2,3)61-39(58)44-21-13-18-31(54)45-22-28-23-46-53(51-28)24-29-32(35(55)47-29)49-36(56)33(30-25-64-38(48-30)50-40(59)62-42(4,5)6)52-63-43(19-20-43)37(57)60-34(26-14-9-7-10-15-26)27-16-11-8-12-17-27/h7-12,14-17,23,25,29,32,34H,13,18-22,24H2,1-6H3,(H,44,58)(H,45,54)(H,47,55)(H,49,56)(H,48,50,59)/b52-33+/t29-,32+/m1/s1. The van der Waals surface area contributed by atoms with Crippen molar-refractivity contribution in [2.24, 2.45) is 5.16 Å². The average Bonchev–Trinajstić information content (AvgIpc) is 3.66. The Balaban J connectivity index is 1.10. The van der Waals surface area contributed by atoms with E-state index in [1.165, 1.54) is 16.4 Å². The van der Waals surface area contributed by atoms with Crippen LogP contribution < -0.4 is 26.6 Å². The van der Waals surface area contributed by atoms with Crippen LogP contribution in [0.2, 0.25) is 0 Å². The first-order valence-corrected chi connectivity index (χ1v) is 21.5. The molecule has 2 atom stereocenters. The van der Waals surface area contributed by atoms with Gasteiger partial charge in [-0.15, -0.1) is 11.3 Å². The van der Waals surface area contributed by atoms with Gasteiger partial charge in [0.15, 0.2) is 16.9 Å². The second-order valence-corrected chi connectivity index (χ2v) is 17.9. The topological polar surface area (TPSA) is 255 Å². The van der Waals surface area contributed by atoms with E-state index >= 15 is 0 Å². The van der Waals surface area contributed by atoms with E-state index < -0.39 is 65.0 Å².